The first-order valence-corrected chi connectivity index (χ1v) is 19.2. The first kappa shape index (κ1) is 40.3. The number of H-pyrrole nitrogens is 1. The van der Waals surface area contributed by atoms with E-state index >= 15 is 0 Å². The maximum atomic E-state index is 13.3. The summed E-state index contributed by atoms with van der Waals surface area (Å²) in [6.45, 7) is 10.2. The zero-order valence-electron chi connectivity index (χ0n) is 32.3. The van der Waals surface area contributed by atoms with E-state index in [4.69, 9.17) is 33.0 Å². The Morgan fingerprint density at radius 1 is 0.945 bits per heavy atom. The monoisotopic (exact) mass is 773 g/mol. The molecule has 2 saturated heterocycles. The predicted molar refractivity (Wildman–Crippen MR) is 207 cm³/mol. The van der Waals surface area contributed by atoms with Crippen molar-refractivity contribution in [3.05, 3.63) is 128 Å². The van der Waals surface area contributed by atoms with Gasteiger partial charge in [-0.15, -0.1) is 4.42 Å². The third-order valence-electron chi connectivity index (χ3n) is 10.5. The van der Waals surface area contributed by atoms with Gasteiger partial charge in [-0.25, -0.2) is 4.79 Å². The molecule has 1 aromatic heterocycles. The van der Waals surface area contributed by atoms with Gasteiger partial charge in [-0.1, -0.05) is 54.6 Å². The number of rotatable bonds is 17. The molecule has 55 heavy (non-hydrogen) atoms. The molecule has 2 aliphatic rings. The van der Waals surface area contributed by atoms with Crippen LogP contribution in [-0.4, -0.2) is 77.9 Å². The van der Waals surface area contributed by atoms with Crippen LogP contribution in [0.15, 0.2) is 94.6 Å². The standard InChI is InChI=1S/C41H49N4O9P/c1-27(2)45(28(3)4,52-23-11-22-42)55-54-36-35-38(44-24-29(5)37(46)43-39(44)47)53-40(36,25-50-35)26-51-41(30-12-9-8-10-13-30,31-14-18-33(48-6)19-15-31)32-16-20-34(49-7)21-17-32/h8-10,12-21,24,27-28,35-36,38,55H,11,23,25-26H2,1-7H3/p+1/t35-,36+,38-,40-/m1/s1. The minimum atomic E-state index is -1.22. The highest BCUT2D eigenvalue weighted by atomic mass is 31.1. The van der Waals surface area contributed by atoms with E-state index in [1.165, 1.54) is 10.8 Å². The van der Waals surface area contributed by atoms with Crippen LogP contribution in [0.4, 0.5) is 0 Å². The Morgan fingerprint density at radius 3 is 2.07 bits per heavy atom. The number of quaternary nitrogens is 1. The van der Waals surface area contributed by atoms with E-state index < -0.39 is 40.9 Å². The number of nitrogens with zero attached hydrogens (tertiary/aromatic N) is 3. The number of benzene rings is 3. The molecule has 2 aliphatic heterocycles. The molecule has 6 rings (SSSR count). The summed E-state index contributed by atoms with van der Waals surface area (Å²) in [6, 6.07) is 27.6. The molecule has 292 valence electrons. The Bertz CT molecular complexity index is 2010. The minimum Gasteiger partial charge on any atom is -0.497 e. The number of hydroxylamine groups is 2. The normalized spacial score (nSPS) is 21.1. The molecule has 2 bridgehead atoms. The van der Waals surface area contributed by atoms with Gasteiger partial charge in [-0.3, -0.25) is 14.3 Å². The van der Waals surface area contributed by atoms with Crippen LogP contribution in [0.3, 0.4) is 0 Å². The topological polar surface area (TPSA) is 143 Å². The van der Waals surface area contributed by atoms with Gasteiger partial charge in [0.25, 0.3) is 14.5 Å². The summed E-state index contributed by atoms with van der Waals surface area (Å²) in [7, 11) is 3.01. The van der Waals surface area contributed by atoms with Crippen LogP contribution in [0, 0.1) is 18.3 Å². The molecule has 1 unspecified atom stereocenters. The van der Waals surface area contributed by atoms with E-state index in [0.29, 0.717) is 17.1 Å². The summed E-state index contributed by atoms with van der Waals surface area (Å²) in [5, 5.41) is 9.30. The van der Waals surface area contributed by atoms with Gasteiger partial charge in [-0.2, -0.15) is 10.1 Å². The average Bonchev–Trinajstić information content (AvgIpc) is 3.70. The average molecular weight is 774 g/mol. The highest BCUT2D eigenvalue weighted by Gasteiger charge is 2.65. The van der Waals surface area contributed by atoms with E-state index in [1.54, 1.807) is 21.1 Å². The predicted octanol–water partition coefficient (Wildman–Crippen LogP) is 5.91. The van der Waals surface area contributed by atoms with Crippen molar-refractivity contribution in [1.29, 1.82) is 5.26 Å². The molecule has 13 nitrogen and oxygen atoms in total. The van der Waals surface area contributed by atoms with Crippen molar-refractivity contribution in [2.24, 2.45) is 0 Å². The number of ether oxygens (including phenoxy) is 5. The van der Waals surface area contributed by atoms with Crippen molar-refractivity contribution in [2.75, 3.05) is 34.0 Å². The molecule has 4 aromatic rings. The highest BCUT2D eigenvalue weighted by Crippen LogP contribution is 2.52. The number of fused-ring (bicyclic) bond motifs is 2. The Labute approximate surface area is 323 Å². The zero-order valence-corrected chi connectivity index (χ0v) is 33.3. The number of hydrogen-bond acceptors (Lipinski definition) is 10. The van der Waals surface area contributed by atoms with Crippen LogP contribution in [0.2, 0.25) is 0 Å². The molecule has 0 spiro atoms. The van der Waals surface area contributed by atoms with Gasteiger partial charge >= 0.3 is 5.69 Å². The maximum absolute atomic E-state index is 13.3. The number of nitriles is 1. The third-order valence-corrected chi connectivity index (χ3v) is 12.3. The number of aromatic amines is 1. The molecule has 0 saturated carbocycles. The fourth-order valence-corrected chi connectivity index (χ4v) is 8.68. The summed E-state index contributed by atoms with van der Waals surface area (Å²) < 4.78 is 40.3. The van der Waals surface area contributed by atoms with Crippen molar-refractivity contribution in [2.45, 2.75) is 82.8 Å². The number of nitrogens with one attached hydrogen (secondary N) is 1. The lowest BCUT2D eigenvalue weighted by Crippen LogP contribution is -2.53. The van der Waals surface area contributed by atoms with Crippen molar-refractivity contribution in [3.8, 4) is 17.6 Å². The first-order chi connectivity index (χ1) is 26.4. The van der Waals surface area contributed by atoms with Crippen molar-refractivity contribution < 1.29 is 37.5 Å². The van der Waals surface area contributed by atoms with Crippen molar-refractivity contribution in [3.63, 3.8) is 0 Å². The van der Waals surface area contributed by atoms with Crippen molar-refractivity contribution >= 4 is 8.96 Å². The molecular weight excluding hydrogens is 723 g/mol. The number of aromatic nitrogens is 2. The van der Waals surface area contributed by atoms with Gasteiger partial charge in [0.2, 0.25) is 0 Å². The fourth-order valence-electron chi connectivity index (χ4n) is 7.49. The Hall–Kier alpha value is -4.38. The summed E-state index contributed by atoms with van der Waals surface area (Å²) in [6.07, 6.45) is -0.699. The maximum Gasteiger partial charge on any atom is 0.330 e. The summed E-state index contributed by atoms with van der Waals surface area (Å²) in [5.41, 5.74) is -0.631. The molecule has 0 amide bonds. The third kappa shape index (κ3) is 7.61. The van der Waals surface area contributed by atoms with E-state index in [2.05, 4.69) is 38.7 Å². The van der Waals surface area contributed by atoms with Gasteiger partial charge in [0, 0.05) is 11.8 Å². The first-order valence-electron chi connectivity index (χ1n) is 18.4. The minimum absolute atomic E-state index is 0.0266. The Morgan fingerprint density at radius 2 is 1.53 bits per heavy atom. The second kappa shape index (κ2) is 16.8. The quantitative estimate of drug-likeness (QED) is 0.0596. The molecule has 2 fully saturated rings. The molecule has 3 heterocycles. The van der Waals surface area contributed by atoms with Gasteiger partial charge in [0.05, 0.1) is 39.9 Å². The van der Waals surface area contributed by atoms with Gasteiger partial charge in [0.1, 0.15) is 53.6 Å². The SMILES string of the molecule is COc1ccc(C(OC[C@@]23CO[C@@H]([C@H](n4cc(C)c(=O)[nH]c4=O)O2)[C@@H]3OP[N+](OCCC#N)(C(C)C)C(C)C)(c2ccccc2)c2ccc(OC)cc2)cc1. The van der Waals surface area contributed by atoms with E-state index in [-0.39, 0.29) is 51.7 Å². The van der Waals surface area contributed by atoms with E-state index in [1.807, 2.05) is 78.9 Å². The van der Waals surface area contributed by atoms with Crippen LogP contribution >= 0.6 is 8.96 Å². The van der Waals surface area contributed by atoms with Gasteiger partial charge in [0.15, 0.2) is 6.23 Å². The molecule has 0 aliphatic carbocycles. The lowest BCUT2D eigenvalue weighted by atomic mass is 9.79. The van der Waals surface area contributed by atoms with E-state index in [0.717, 1.165) is 16.7 Å². The van der Waals surface area contributed by atoms with Crippen LogP contribution in [0.1, 0.15) is 62.6 Å². The lowest BCUT2D eigenvalue weighted by Gasteiger charge is -2.42. The number of methoxy groups -OCH3 is 2. The summed E-state index contributed by atoms with van der Waals surface area (Å²) >= 11 is 0. The Kier molecular flexibility index (Phi) is 12.3. The largest absolute Gasteiger partial charge is 0.497 e. The van der Waals surface area contributed by atoms with Gasteiger partial charge in [-0.05, 0) is 75.6 Å². The molecule has 1 N–H and O–H groups in total. The van der Waals surface area contributed by atoms with Crippen LogP contribution in [-0.2, 0) is 29.2 Å². The number of aryl methyl sites for hydroxylation is 1. The number of hydrogen-bond donors (Lipinski definition) is 1. The molecule has 5 atom stereocenters. The molecule has 14 heteroatoms. The zero-order chi connectivity index (χ0) is 39.4. The van der Waals surface area contributed by atoms with Crippen LogP contribution < -0.4 is 20.7 Å². The summed E-state index contributed by atoms with van der Waals surface area (Å²) in [5.74, 6) is 1.39. The fraction of sp³-hybridized carbons (Fsp3) is 0.439. The van der Waals surface area contributed by atoms with E-state index in [9.17, 15) is 14.9 Å². The summed E-state index contributed by atoms with van der Waals surface area (Å²) in [4.78, 5) is 34.6. The molecule has 3 aromatic carbocycles. The Balaban J connectivity index is 1.47. The molecular formula is C41H50N4O9P+. The van der Waals surface area contributed by atoms with Crippen LogP contribution in [0.5, 0.6) is 11.5 Å². The second-order valence-electron chi connectivity index (χ2n) is 14.4. The van der Waals surface area contributed by atoms with Crippen molar-refractivity contribution in [1.82, 2.24) is 9.55 Å². The molecule has 0 radical (unpaired) electrons. The van der Waals surface area contributed by atoms with Crippen LogP contribution in [0.25, 0.3) is 0 Å². The smallest absolute Gasteiger partial charge is 0.330 e. The second-order valence-corrected chi connectivity index (χ2v) is 15.5. The lowest BCUT2D eigenvalue weighted by molar-refractivity contribution is -1.04. The highest BCUT2D eigenvalue weighted by molar-refractivity contribution is 7.25. The van der Waals surface area contributed by atoms with Gasteiger partial charge < -0.3 is 28.2 Å².